The molecule has 0 spiro atoms. The summed E-state index contributed by atoms with van der Waals surface area (Å²) in [6, 6.07) is 14.4. The molecule has 2 amide bonds. The van der Waals surface area contributed by atoms with Crippen LogP contribution >= 0.6 is 11.8 Å². The molecule has 5 rings (SSSR count). The first-order valence-electron chi connectivity index (χ1n) is 12.1. The number of hydrogen-bond donors (Lipinski definition) is 2. The van der Waals surface area contributed by atoms with E-state index in [1.54, 1.807) is 17.0 Å². The highest BCUT2D eigenvalue weighted by molar-refractivity contribution is 8.14. The molecule has 1 saturated carbocycles. The Hall–Kier alpha value is -3.07. The third-order valence-electron chi connectivity index (χ3n) is 6.95. The Balaban J connectivity index is 1.25. The van der Waals surface area contributed by atoms with Crippen molar-refractivity contribution in [2.24, 2.45) is 11.0 Å². The Morgan fingerprint density at radius 1 is 1.11 bits per heavy atom. The molecule has 35 heavy (non-hydrogen) atoms. The van der Waals surface area contributed by atoms with E-state index in [-0.39, 0.29) is 35.3 Å². The zero-order chi connectivity index (χ0) is 24.4. The van der Waals surface area contributed by atoms with Crippen molar-refractivity contribution < 1.29 is 14.0 Å². The van der Waals surface area contributed by atoms with Gasteiger partial charge in [0.05, 0.1) is 11.7 Å². The summed E-state index contributed by atoms with van der Waals surface area (Å²) < 4.78 is 13.4. The SMILES string of the molecule is Cc1ccc(CNC(=O)CSC2=NNC3N(Cc4ccc(F)cc4)C(=O)C4CCCCC4N23)cc1. The molecule has 2 heterocycles. The zero-order valence-electron chi connectivity index (χ0n) is 19.7. The van der Waals surface area contributed by atoms with Crippen molar-refractivity contribution >= 4 is 28.7 Å². The highest BCUT2D eigenvalue weighted by atomic mass is 32.2. The van der Waals surface area contributed by atoms with Gasteiger partial charge >= 0.3 is 0 Å². The van der Waals surface area contributed by atoms with E-state index < -0.39 is 6.29 Å². The lowest BCUT2D eigenvalue weighted by atomic mass is 9.81. The van der Waals surface area contributed by atoms with Crippen LogP contribution in [0.3, 0.4) is 0 Å². The zero-order valence-corrected chi connectivity index (χ0v) is 20.6. The molecule has 3 aliphatic rings. The van der Waals surface area contributed by atoms with Crippen LogP contribution in [0.1, 0.15) is 42.4 Å². The minimum Gasteiger partial charge on any atom is -0.351 e. The van der Waals surface area contributed by atoms with Crippen LogP contribution in [0.25, 0.3) is 0 Å². The van der Waals surface area contributed by atoms with Crippen molar-refractivity contribution in [1.82, 2.24) is 20.5 Å². The van der Waals surface area contributed by atoms with Gasteiger partial charge in [-0.05, 0) is 43.0 Å². The third kappa shape index (κ3) is 5.15. The van der Waals surface area contributed by atoms with Crippen LogP contribution < -0.4 is 10.7 Å². The van der Waals surface area contributed by atoms with Crippen LogP contribution in [0.15, 0.2) is 53.6 Å². The van der Waals surface area contributed by atoms with Crippen LogP contribution in [0, 0.1) is 18.7 Å². The number of nitrogens with zero attached hydrogens (tertiary/aromatic N) is 3. The maximum Gasteiger partial charge on any atom is 0.231 e. The monoisotopic (exact) mass is 495 g/mol. The fourth-order valence-electron chi connectivity index (χ4n) is 5.09. The lowest BCUT2D eigenvalue weighted by Gasteiger charge is -2.50. The lowest BCUT2D eigenvalue weighted by molar-refractivity contribution is -0.156. The summed E-state index contributed by atoms with van der Waals surface area (Å²) >= 11 is 1.40. The second-order valence-electron chi connectivity index (χ2n) is 9.41. The minimum atomic E-state index is -0.398. The van der Waals surface area contributed by atoms with Gasteiger partial charge in [-0.3, -0.25) is 19.9 Å². The normalized spacial score (nSPS) is 23.3. The van der Waals surface area contributed by atoms with E-state index in [4.69, 9.17) is 0 Å². The van der Waals surface area contributed by atoms with Crippen LogP contribution in [-0.4, -0.2) is 44.9 Å². The molecular formula is C26H30FN5O2S. The van der Waals surface area contributed by atoms with Crippen LogP contribution in [-0.2, 0) is 22.7 Å². The van der Waals surface area contributed by atoms with Gasteiger partial charge in [0.2, 0.25) is 11.8 Å². The van der Waals surface area contributed by atoms with Gasteiger partial charge in [0.25, 0.3) is 0 Å². The Kier molecular flexibility index (Phi) is 6.95. The summed E-state index contributed by atoms with van der Waals surface area (Å²) in [6.45, 7) is 2.90. The van der Waals surface area contributed by atoms with Gasteiger partial charge < -0.3 is 10.2 Å². The van der Waals surface area contributed by atoms with E-state index in [0.29, 0.717) is 13.1 Å². The molecule has 2 fully saturated rings. The number of aryl methyl sites for hydroxylation is 1. The number of carbonyl (C=O) groups is 2. The van der Waals surface area contributed by atoms with Crippen LogP contribution in [0.4, 0.5) is 4.39 Å². The summed E-state index contributed by atoms with van der Waals surface area (Å²) in [5.74, 6) is -0.0853. The summed E-state index contributed by atoms with van der Waals surface area (Å²) in [4.78, 5) is 30.0. The molecule has 0 radical (unpaired) electrons. The molecule has 2 aliphatic heterocycles. The first-order chi connectivity index (χ1) is 17.0. The number of nitrogens with one attached hydrogen (secondary N) is 2. The number of thioether (sulfide) groups is 1. The van der Waals surface area contributed by atoms with E-state index in [0.717, 1.165) is 42.0 Å². The van der Waals surface area contributed by atoms with Crippen molar-refractivity contribution in [2.75, 3.05) is 5.75 Å². The van der Waals surface area contributed by atoms with Crippen molar-refractivity contribution in [3.63, 3.8) is 0 Å². The number of hydrogen-bond acceptors (Lipinski definition) is 6. The Morgan fingerprint density at radius 3 is 2.60 bits per heavy atom. The van der Waals surface area contributed by atoms with Gasteiger partial charge in [0, 0.05) is 19.1 Å². The fourth-order valence-corrected chi connectivity index (χ4v) is 5.96. The van der Waals surface area contributed by atoms with E-state index in [9.17, 15) is 14.0 Å². The van der Waals surface area contributed by atoms with Gasteiger partial charge in [-0.2, -0.15) is 5.10 Å². The predicted octanol–water partition coefficient (Wildman–Crippen LogP) is 3.54. The van der Waals surface area contributed by atoms with Gasteiger partial charge in [0.1, 0.15) is 5.82 Å². The molecule has 184 valence electrons. The second kappa shape index (κ2) is 10.3. The number of amides is 2. The first-order valence-corrected chi connectivity index (χ1v) is 13.1. The molecule has 0 bridgehead atoms. The predicted molar refractivity (Wildman–Crippen MR) is 134 cm³/mol. The first kappa shape index (κ1) is 23.7. The third-order valence-corrected chi connectivity index (χ3v) is 7.92. The van der Waals surface area contributed by atoms with E-state index in [1.165, 1.54) is 29.5 Å². The molecule has 2 aromatic rings. The molecule has 7 nitrogen and oxygen atoms in total. The van der Waals surface area contributed by atoms with Gasteiger partial charge in [-0.25, -0.2) is 4.39 Å². The van der Waals surface area contributed by atoms with Gasteiger partial charge in [0.15, 0.2) is 11.5 Å². The number of benzene rings is 2. The number of hydrazone groups is 1. The topological polar surface area (TPSA) is 77.0 Å². The smallest absolute Gasteiger partial charge is 0.231 e. The average Bonchev–Trinajstić information content (AvgIpc) is 3.30. The van der Waals surface area contributed by atoms with E-state index >= 15 is 0 Å². The number of amidine groups is 1. The van der Waals surface area contributed by atoms with Gasteiger partial charge in [-0.1, -0.05) is 66.6 Å². The van der Waals surface area contributed by atoms with Gasteiger partial charge in [-0.15, -0.1) is 0 Å². The molecule has 3 atom stereocenters. The number of fused-ring (bicyclic) bond motifs is 3. The quantitative estimate of drug-likeness (QED) is 0.641. The number of halogens is 1. The summed E-state index contributed by atoms with van der Waals surface area (Å²) in [6.07, 6.45) is 3.49. The molecule has 1 aliphatic carbocycles. The average molecular weight is 496 g/mol. The Bertz CT molecular complexity index is 1110. The maximum atomic E-state index is 13.5. The largest absolute Gasteiger partial charge is 0.351 e. The molecule has 0 aromatic heterocycles. The molecular weight excluding hydrogens is 465 g/mol. The van der Waals surface area contributed by atoms with E-state index in [1.807, 2.05) is 31.2 Å². The second-order valence-corrected chi connectivity index (χ2v) is 10.3. The number of carbonyl (C=O) groups excluding carboxylic acids is 2. The molecule has 2 aromatic carbocycles. The van der Waals surface area contributed by atoms with Crippen molar-refractivity contribution in [2.45, 2.75) is 58.0 Å². The Labute approximate surface area is 209 Å². The minimum absolute atomic E-state index is 0.0572. The van der Waals surface area contributed by atoms with Crippen molar-refractivity contribution in [3.8, 4) is 0 Å². The lowest BCUT2D eigenvalue weighted by Crippen LogP contribution is -2.66. The molecule has 9 heteroatoms. The maximum absolute atomic E-state index is 13.5. The number of rotatable bonds is 6. The standard InChI is InChI=1S/C26H30FN5O2S/c1-17-6-8-18(9-7-17)14-28-23(33)16-35-26-30-29-25-31(15-19-10-12-20(27)13-11-19)24(34)21-4-2-3-5-22(21)32(25)26/h6-13,21-22,25,29H,2-5,14-16H2,1H3,(H,28,33). The highest BCUT2D eigenvalue weighted by Crippen LogP contribution is 2.39. The van der Waals surface area contributed by atoms with E-state index in [2.05, 4.69) is 20.7 Å². The molecule has 1 saturated heterocycles. The Morgan fingerprint density at radius 2 is 1.83 bits per heavy atom. The summed E-state index contributed by atoms with van der Waals surface area (Å²) in [7, 11) is 0. The molecule has 2 N–H and O–H groups in total. The summed E-state index contributed by atoms with van der Waals surface area (Å²) in [5.41, 5.74) is 6.25. The highest BCUT2D eigenvalue weighted by Gasteiger charge is 2.50. The van der Waals surface area contributed by atoms with Crippen LogP contribution in [0.2, 0.25) is 0 Å². The van der Waals surface area contributed by atoms with Crippen molar-refractivity contribution in [3.05, 3.63) is 71.0 Å². The molecule has 3 unspecified atom stereocenters. The summed E-state index contributed by atoms with van der Waals surface area (Å²) in [5, 5.41) is 8.25. The van der Waals surface area contributed by atoms with Crippen molar-refractivity contribution in [1.29, 1.82) is 0 Å². The van der Waals surface area contributed by atoms with Crippen LogP contribution in [0.5, 0.6) is 0 Å². The fraction of sp³-hybridized carbons (Fsp3) is 0.423.